The Kier molecular flexibility index (Phi) is 4.83. The molecule has 0 unspecified atom stereocenters. The summed E-state index contributed by atoms with van der Waals surface area (Å²) in [7, 11) is 1.63. The molecule has 0 bridgehead atoms. The number of fused-ring (bicyclic) bond motifs is 1. The lowest BCUT2D eigenvalue weighted by molar-refractivity contribution is 0.398. The molecule has 1 aliphatic heterocycles. The van der Waals surface area contributed by atoms with Crippen LogP contribution in [0.3, 0.4) is 0 Å². The first kappa shape index (κ1) is 17.6. The van der Waals surface area contributed by atoms with Crippen molar-refractivity contribution in [1.82, 2.24) is 14.9 Å². The van der Waals surface area contributed by atoms with Gasteiger partial charge in [0, 0.05) is 23.4 Å². The van der Waals surface area contributed by atoms with E-state index in [2.05, 4.69) is 15.6 Å². The van der Waals surface area contributed by atoms with Gasteiger partial charge in [-0.05, 0) is 25.8 Å². The maximum absolute atomic E-state index is 12.7. The van der Waals surface area contributed by atoms with Gasteiger partial charge in [0.05, 0.1) is 7.11 Å². The molecule has 1 saturated carbocycles. The average molecular weight is 367 g/mol. The van der Waals surface area contributed by atoms with Gasteiger partial charge in [0.15, 0.2) is 6.17 Å². The van der Waals surface area contributed by atoms with Gasteiger partial charge in [0.25, 0.3) is 5.56 Å². The van der Waals surface area contributed by atoms with Gasteiger partial charge in [-0.15, -0.1) is 0 Å². The number of guanidine groups is 1. The van der Waals surface area contributed by atoms with Crippen molar-refractivity contribution in [3.8, 4) is 5.75 Å². The lowest BCUT2D eigenvalue weighted by Gasteiger charge is -2.30. The van der Waals surface area contributed by atoms with E-state index < -0.39 is 6.17 Å². The highest BCUT2D eigenvalue weighted by Crippen LogP contribution is 2.31. The van der Waals surface area contributed by atoms with E-state index in [9.17, 15) is 4.79 Å². The molecule has 1 aromatic carbocycles. The van der Waals surface area contributed by atoms with Crippen molar-refractivity contribution in [3.05, 3.63) is 51.9 Å². The minimum atomic E-state index is -0.524. The second-order valence-electron chi connectivity index (χ2n) is 7.13. The maximum Gasteiger partial charge on any atom is 0.257 e. The Morgan fingerprint density at radius 3 is 2.78 bits per heavy atom. The van der Waals surface area contributed by atoms with Crippen molar-refractivity contribution >= 4 is 11.9 Å². The second kappa shape index (κ2) is 7.42. The van der Waals surface area contributed by atoms with Crippen LogP contribution in [0.25, 0.3) is 0 Å². The van der Waals surface area contributed by atoms with E-state index >= 15 is 0 Å². The molecule has 27 heavy (non-hydrogen) atoms. The van der Waals surface area contributed by atoms with Gasteiger partial charge in [-0.3, -0.25) is 14.7 Å². The molecule has 1 atom stereocenters. The minimum absolute atomic E-state index is 0.138. The number of methoxy groups -OCH3 is 1. The third kappa shape index (κ3) is 3.54. The molecule has 4 rings (SSSR count). The highest BCUT2D eigenvalue weighted by molar-refractivity contribution is 5.93. The van der Waals surface area contributed by atoms with Crippen LogP contribution in [0.2, 0.25) is 0 Å². The molecule has 1 fully saturated rings. The number of para-hydroxylation sites is 1. The molecule has 2 aliphatic rings. The van der Waals surface area contributed by atoms with E-state index in [4.69, 9.17) is 9.73 Å². The molecule has 2 aromatic rings. The van der Waals surface area contributed by atoms with Gasteiger partial charge < -0.3 is 10.1 Å². The Bertz CT molecular complexity index is 915. The summed E-state index contributed by atoms with van der Waals surface area (Å²) in [6, 6.07) is 9.58. The number of ether oxygens (including phenoxy) is 1. The van der Waals surface area contributed by atoms with E-state index in [1.54, 1.807) is 11.7 Å². The van der Waals surface area contributed by atoms with Crippen LogP contribution in [0.5, 0.6) is 5.75 Å². The van der Waals surface area contributed by atoms with Crippen LogP contribution in [0.4, 0.5) is 5.95 Å². The number of rotatable bonds is 3. The number of aryl methyl sites for hydroxylation is 1. The number of aromatic nitrogens is 2. The highest BCUT2D eigenvalue weighted by Gasteiger charge is 2.28. The molecular weight excluding hydrogens is 342 g/mol. The summed E-state index contributed by atoms with van der Waals surface area (Å²) in [6.45, 7) is 1.82. The zero-order valence-corrected chi connectivity index (χ0v) is 15.7. The molecule has 0 spiro atoms. The maximum atomic E-state index is 12.7. The smallest absolute Gasteiger partial charge is 0.257 e. The summed E-state index contributed by atoms with van der Waals surface area (Å²) in [6.07, 6.45) is 5.50. The molecule has 2 N–H and O–H groups in total. The topological polar surface area (TPSA) is 80.5 Å². The van der Waals surface area contributed by atoms with Crippen molar-refractivity contribution < 1.29 is 4.74 Å². The lowest BCUT2D eigenvalue weighted by atomic mass is 9.96. The van der Waals surface area contributed by atoms with Crippen LogP contribution in [0, 0.1) is 6.92 Å². The van der Waals surface area contributed by atoms with Gasteiger partial charge in [0.2, 0.25) is 11.9 Å². The highest BCUT2D eigenvalue weighted by atomic mass is 16.5. The second-order valence-corrected chi connectivity index (χ2v) is 7.13. The minimum Gasteiger partial charge on any atom is -0.496 e. The SMILES string of the molecule is COc1ccccc1[C@@H]1N=C(NC2CCCCC2)Nc2nc(C)cc(=O)n21. The summed E-state index contributed by atoms with van der Waals surface area (Å²) < 4.78 is 7.10. The number of hydrogen-bond donors (Lipinski definition) is 2. The summed E-state index contributed by atoms with van der Waals surface area (Å²) in [5.41, 5.74) is 1.37. The zero-order valence-electron chi connectivity index (χ0n) is 15.7. The molecule has 7 heteroatoms. The Labute approximate surface area is 158 Å². The fraction of sp³-hybridized carbons (Fsp3) is 0.450. The first-order chi connectivity index (χ1) is 13.2. The van der Waals surface area contributed by atoms with Gasteiger partial charge >= 0.3 is 0 Å². The molecule has 2 heterocycles. The molecule has 1 aromatic heterocycles. The molecule has 0 radical (unpaired) electrons. The standard InChI is InChI=1S/C20H25N5O2/c1-13-12-17(26)25-18(15-10-6-7-11-16(15)27-2)23-19(24-20(25)21-13)22-14-8-4-3-5-9-14/h6-7,10-12,14,18H,3-5,8-9H2,1-2H3,(H2,21,22,23,24)/t18-/m1/s1. The van der Waals surface area contributed by atoms with Crippen LogP contribution in [0.15, 0.2) is 40.1 Å². The molecule has 142 valence electrons. The first-order valence-electron chi connectivity index (χ1n) is 9.50. The molecule has 1 aliphatic carbocycles. The fourth-order valence-corrected chi connectivity index (χ4v) is 3.85. The van der Waals surface area contributed by atoms with E-state index in [1.807, 2.05) is 31.2 Å². The molecule has 0 saturated heterocycles. The number of aliphatic imine (C=N–C) groups is 1. The Hall–Kier alpha value is -2.83. The van der Waals surface area contributed by atoms with Crippen LogP contribution < -0.4 is 20.9 Å². The van der Waals surface area contributed by atoms with E-state index in [0.29, 0.717) is 29.4 Å². The predicted molar refractivity (Wildman–Crippen MR) is 105 cm³/mol. The van der Waals surface area contributed by atoms with Crippen LogP contribution in [-0.2, 0) is 0 Å². The summed E-state index contributed by atoms with van der Waals surface area (Å²) in [4.78, 5) is 22.1. The molecule has 7 nitrogen and oxygen atoms in total. The number of hydrogen-bond acceptors (Lipinski definition) is 6. The average Bonchev–Trinajstić information content (AvgIpc) is 2.67. The van der Waals surface area contributed by atoms with Crippen LogP contribution in [-0.4, -0.2) is 28.7 Å². The monoisotopic (exact) mass is 367 g/mol. The van der Waals surface area contributed by atoms with Crippen LogP contribution in [0.1, 0.15) is 49.5 Å². The number of anilines is 1. The van der Waals surface area contributed by atoms with Crippen molar-refractivity contribution in [2.75, 3.05) is 12.4 Å². The largest absolute Gasteiger partial charge is 0.496 e. The summed E-state index contributed by atoms with van der Waals surface area (Å²) >= 11 is 0. The van der Waals surface area contributed by atoms with E-state index in [0.717, 1.165) is 18.4 Å². The quantitative estimate of drug-likeness (QED) is 0.872. The Balaban J connectivity index is 1.77. The van der Waals surface area contributed by atoms with Crippen molar-refractivity contribution in [3.63, 3.8) is 0 Å². The van der Waals surface area contributed by atoms with E-state index in [-0.39, 0.29) is 5.56 Å². The summed E-state index contributed by atoms with van der Waals surface area (Å²) in [5, 5.41) is 6.73. The number of benzene rings is 1. The lowest BCUT2D eigenvalue weighted by Crippen LogP contribution is -2.45. The zero-order chi connectivity index (χ0) is 18.8. The fourth-order valence-electron chi connectivity index (χ4n) is 3.85. The third-order valence-electron chi connectivity index (χ3n) is 5.17. The van der Waals surface area contributed by atoms with Crippen LogP contribution >= 0.6 is 0 Å². The van der Waals surface area contributed by atoms with Gasteiger partial charge in [0.1, 0.15) is 5.75 Å². The number of nitrogens with one attached hydrogen (secondary N) is 2. The first-order valence-corrected chi connectivity index (χ1v) is 9.50. The molecular formula is C20H25N5O2. The van der Waals surface area contributed by atoms with Crippen molar-refractivity contribution in [2.45, 2.75) is 51.2 Å². The Morgan fingerprint density at radius 1 is 1.22 bits per heavy atom. The normalized spacial score (nSPS) is 19.6. The third-order valence-corrected chi connectivity index (χ3v) is 5.17. The van der Waals surface area contributed by atoms with Crippen molar-refractivity contribution in [1.29, 1.82) is 0 Å². The van der Waals surface area contributed by atoms with E-state index in [1.165, 1.54) is 25.3 Å². The van der Waals surface area contributed by atoms with Gasteiger partial charge in [-0.2, -0.15) is 0 Å². The van der Waals surface area contributed by atoms with Gasteiger partial charge in [-0.1, -0.05) is 37.5 Å². The molecule has 0 amide bonds. The van der Waals surface area contributed by atoms with Gasteiger partial charge in [-0.25, -0.2) is 9.98 Å². The van der Waals surface area contributed by atoms with Crippen molar-refractivity contribution in [2.24, 2.45) is 4.99 Å². The summed E-state index contributed by atoms with van der Waals surface area (Å²) in [5.74, 6) is 1.86. The predicted octanol–water partition coefficient (Wildman–Crippen LogP) is 2.81. The Morgan fingerprint density at radius 2 is 2.00 bits per heavy atom. The number of nitrogens with zero attached hydrogens (tertiary/aromatic N) is 3.